The number of hydrogen-bond donors (Lipinski definition) is 0. The van der Waals surface area contributed by atoms with Gasteiger partial charge in [-0.2, -0.15) is 0 Å². The molecule has 3 aromatic rings. The molecule has 0 fully saturated rings. The summed E-state index contributed by atoms with van der Waals surface area (Å²) >= 11 is 0. The summed E-state index contributed by atoms with van der Waals surface area (Å²) < 4.78 is 0. The monoisotopic (exact) mass is 429 g/mol. The van der Waals surface area contributed by atoms with Gasteiger partial charge >= 0.3 is 0 Å². The molecular formula is C30H38P+. The average Bonchev–Trinajstić information content (AvgIpc) is 2.84. The van der Waals surface area contributed by atoms with Crippen LogP contribution in [0.15, 0.2) is 103 Å². The predicted octanol–water partition coefficient (Wildman–Crippen LogP) is 7.68. The Balaban J connectivity index is 1.76. The number of hydrogen-bond acceptors (Lipinski definition) is 0. The Kier molecular flexibility index (Phi) is 10.1. The number of allylic oxidation sites excluding steroid dienone is 2. The first-order valence-corrected chi connectivity index (χ1v) is 14.1. The third kappa shape index (κ3) is 6.65. The van der Waals surface area contributed by atoms with Crippen LogP contribution in [0.4, 0.5) is 0 Å². The Morgan fingerprint density at radius 1 is 0.516 bits per heavy atom. The summed E-state index contributed by atoms with van der Waals surface area (Å²) in [6, 6.07) is 33.6. The van der Waals surface area contributed by atoms with E-state index in [2.05, 4.69) is 110 Å². The van der Waals surface area contributed by atoms with Gasteiger partial charge < -0.3 is 0 Å². The van der Waals surface area contributed by atoms with Crippen LogP contribution in [0.1, 0.15) is 58.3 Å². The van der Waals surface area contributed by atoms with Crippen molar-refractivity contribution in [3.05, 3.63) is 103 Å². The lowest BCUT2D eigenvalue weighted by Crippen LogP contribution is -2.33. The van der Waals surface area contributed by atoms with Gasteiger partial charge in [-0.1, -0.05) is 106 Å². The molecule has 0 unspecified atom stereocenters. The summed E-state index contributed by atoms with van der Waals surface area (Å²) in [5, 5.41) is 4.45. The van der Waals surface area contributed by atoms with Crippen LogP contribution in [0.5, 0.6) is 0 Å². The molecule has 0 aliphatic carbocycles. The lowest BCUT2D eigenvalue weighted by molar-refractivity contribution is 0.611. The van der Waals surface area contributed by atoms with E-state index in [1.807, 2.05) is 0 Å². The van der Waals surface area contributed by atoms with E-state index in [9.17, 15) is 0 Å². The van der Waals surface area contributed by atoms with E-state index in [1.165, 1.54) is 67.0 Å². The van der Waals surface area contributed by atoms with Gasteiger partial charge in [0.1, 0.15) is 23.2 Å². The van der Waals surface area contributed by atoms with Crippen molar-refractivity contribution in [3.63, 3.8) is 0 Å². The van der Waals surface area contributed by atoms with Crippen LogP contribution < -0.4 is 15.9 Å². The SMILES string of the molecule is CCCCCCCC/C=C\CC[P+](c1ccccc1)(c1ccccc1)c1ccccc1. The lowest BCUT2D eigenvalue weighted by atomic mass is 10.1. The highest BCUT2D eigenvalue weighted by molar-refractivity contribution is 7.95. The molecule has 0 nitrogen and oxygen atoms in total. The zero-order valence-electron chi connectivity index (χ0n) is 19.1. The summed E-state index contributed by atoms with van der Waals surface area (Å²) in [6.45, 7) is 2.28. The first-order valence-electron chi connectivity index (χ1n) is 12.1. The van der Waals surface area contributed by atoms with Gasteiger partial charge in [0.15, 0.2) is 0 Å². The summed E-state index contributed by atoms with van der Waals surface area (Å²) in [5.74, 6) is 0. The minimum atomic E-state index is -1.68. The molecule has 0 saturated carbocycles. The van der Waals surface area contributed by atoms with Crippen LogP contribution in [0.3, 0.4) is 0 Å². The first-order chi connectivity index (χ1) is 15.4. The molecule has 0 saturated heterocycles. The Bertz CT molecular complexity index is 771. The van der Waals surface area contributed by atoms with E-state index in [4.69, 9.17) is 0 Å². The average molecular weight is 430 g/mol. The van der Waals surface area contributed by atoms with Crippen molar-refractivity contribution >= 4 is 23.2 Å². The summed E-state index contributed by atoms with van der Waals surface area (Å²) in [6.07, 6.45) is 16.6. The largest absolute Gasteiger partial charge is 0.112 e. The highest BCUT2D eigenvalue weighted by Crippen LogP contribution is 2.55. The van der Waals surface area contributed by atoms with E-state index in [-0.39, 0.29) is 0 Å². The summed E-state index contributed by atoms with van der Waals surface area (Å²) in [4.78, 5) is 0. The molecule has 0 bridgehead atoms. The third-order valence-electron chi connectivity index (χ3n) is 6.11. The summed E-state index contributed by atoms with van der Waals surface area (Å²) in [5.41, 5.74) is 0. The first kappa shape index (κ1) is 23.5. The van der Waals surface area contributed by atoms with Crippen molar-refractivity contribution in [2.75, 3.05) is 6.16 Å². The van der Waals surface area contributed by atoms with Gasteiger partial charge in [-0.05, 0) is 49.2 Å². The predicted molar refractivity (Wildman–Crippen MR) is 142 cm³/mol. The molecule has 0 amide bonds. The van der Waals surface area contributed by atoms with E-state index in [0.29, 0.717) is 0 Å². The van der Waals surface area contributed by atoms with Crippen molar-refractivity contribution in [1.82, 2.24) is 0 Å². The number of unbranched alkanes of at least 4 members (excludes halogenated alkanes) is 6. The maximum atomic E-state index is 2.44. The van der Waals surface area contributed by atoms with Crippen molar-refractivity contribution in [3.8, 4) is 0 Å². The van der Waals surface area contributed by atoms with Gasteiger partial charge in [0, 0.05) is 6.42 Å². The van der Waals surface area contributed by atoms with E-state index in [0.717, 1.165) is 6.42 Å². The standard InChI is InChI=1S/C30H38P/c1-2-3-4-5-6-7-8-9-10-20-27-31(28-21-14-11-15-22-28,29-23-16-12-17-24-29)30-25-18-13-19-26-30/h9-19,21-26H,2-8,20,27H2,1H3/q+1/b10-9-. The molecule has 0 spiro atoms. The van der Waals surface area contributed by atoms with E-state index >= 15 is 0 Å². The Labute approximate surface area is 190 Å². The maximum Gasteiger partial charge on any atom is 0.112 e. The molecule has 3 rings (SSSR count). The molecule has 0 aromatic heterocycles. The van der Waals surface area contributed by atoms with Crippen LogP contribution in [-0.2, 0) is 0 Å². The topological polar surface area (TPSA) is 0 Å². The fourth-order valence-electron chi connectivity index (χ4n) is 4.43. The maximum absolute atomic E-state index is 2.44. The number of benzene rings is 3. The van der Waals surface area contributed by atoms with Gasteiger partial charge in [0.05, 0.1) is 6.16 Å². The Hall–Kier alpha value is -2.17. The molecule has 0 N–H and O–H groups in total. The molecule has 162 valence electrons. The molecule has 0 aliphatic rings. The van der Waals surface area contributed by atoms with Crippen LogP contribution in [0.2, 0.25) is 0 Å². The van der Waals surface area contributed by atoms with Crippen LogP contribution in [0, 0.1) is 0 Å². The van der Waals surface area contributed by atoms with Crippen LogP contribution >= 0.6 is 7.26 Å². The highest BCUT2D eigenvalue weighted by Gasteiger charge is 2.44. The minimum Gasteiger partial charge on any atom is -0.0884 e. The normalized spacial score (nSPS) is 11.8. The van der Waals surface area contributed by atoms with Gasteiger partial charge in [-0.3, -0.25) is 0 Å². The molecular weight excluding hydrogens is 391 g/mol. The quantitative estimate of drug-likeness (QED) is 0.148. The van der Waals surface area contributed by atoms with Gasteiger partial charge in [-0.15, -0.1) is 0 Å². The van der Waals surface area contributed by atoms with Gasteiger partial charge in [0.25, 0.3) is 0 Å². The zero-order chi connectivity index (χ0) is 21.6. The second-order valence-corrected chi connectivity index (χ2v) is 12.0. The van der Waals surface area contributed by atoms with Crippen molar-refractivity contribution < 1.29 is 0 Å². The second kappa shape index (κ2) is 13.3. The zero-order valence-corrected chi connectivity index (χ0v) is 20.0. The van der Waals surface area contributed by atoms with Crippen LogP contribution in [0.25, 0.3) is 0 Å². The molecule has 31 heavy (non-hydrogen) atoms. The molecule has 0 aliphatic heterocycles. The molecule has 0 radical (unpaired) electrons. The second-order valence-electron chi connectivity index (χ2n) is 8.36. The van der Waals surface area contributed by atoms with Gasteiger partial charge in [-0.25, -0.2) is 0 Å². The van der Waals surface area contributed by atoms with Crippen LogP contribution in [-0.4, -0.2) is 6.16 Å². The Morgan fingerprint density at radius 3 is 1.42 bits per heavy atom. The molecule has 0 heterocycles. The molecule has 1 heteroatoms. The summed E-state index contributed by atoms with van der Waals surface area (Å²) in [7, 11) is -1.68. The van der Waals surface area contributed by atoms with Crippen molar-refractivity contribution in [2.45, 2.75) is 58.3 Å². The van der Waals surface area contributed by atoms with Crippen molar-refractivity contribution in [1.29, 1.82) is 0 Å². The highest BCUT2D eigenvalue weighted by atomic mass is 31.2. The Morgan fingerprint density at radius 2 is 0.935 bits per heavy atom. The third-order valence-corrected chi connectivity index (χ3v) is 10.6. The molecule has 0 atom stereocenters. The van der Waals surface area contributed by atoms with Gasteiger partial charge in [0.2, 0.25) is 0 Å². The van der Waals surface area contributed by atoms with Crippen molar-refractivity contribution in [2.24, 2.45) is 0 Å². The number of rotatable bonds is 13. The van der Waals surface area contributed by atoms with E-state index < -0.39 is 7.26 Å². The lowest BCUT2D eigenvalue weighted by Gasteiger charge is -2.27. The smallest absolute Gasteiger partial charge is 0.0884 e. The fourth-order valence-corrected chi connectivity index (χ4v) is 8.68. The van der Waals surface area contributed by atoms with E-state index in [1.54, 1.807) is 0 Å². The minimum absolute atomic E-state index is 1.13. The molecule has 3 aromatic carbocycles. The fraction of sp³-hybridized carbons (Fsp3) is 0.333.